The molecule has 2 N–H and O–H groups in total. The van der Waals surface area contributed by atoms with Crippen molar-refractivity contribution in [2.24, 2.45) is 0 Å². The lowest BCUT2D eigenvalue weighted by atomic mass is 10.3. The van der Waals surface area contributed by atoms with Crippen LogP contribution in [-0.2, 0) is 0 Å². The number of aliphatic hydroxyl groups excluding tert-OH is 2. The minimum Gasteiger partial charge on any atom is -0.389 e. The van der Waals surface area contributed by atoms with E-state index in [9.17, 15) is 0 Å². The van der Waals surface area contributed by atoms with Crippen LogP contribution in [0.4, 0.5) is 0 Å². The second-order valence-corrected chi connectivity index (χ2v) is 2.31. The van der Waals surface area contributed by atoms with Crippen LogP contribution in [0.2, 0.25) is 0 Å². The quantitative estimate of drug-likeness (QED) is 0.498. The standard InChI is InChI=1S/C5H7ClO2/c6-4-1-3(7)2-5(4)8/h1,3,5,7-8H,2H2. The molecule has 0 aliphatic heterocycles. The average molecular weight is 135 g/mol. The topological polar surface area (TPSA) is 40.5 Å². The normalized spacial score (nSPS) is 37.6. The fourth-order valence-electron chi connectivity index (χ4n) is 0.704. The lowest BCUT2D eigenvalue weighted by Crippen LogP contribution is -2.05. The van der Waals surface area contributed by atoms with E-state index < -0.39 is 12.2 Å². The molecular weight excluding hydrogens is 128 g/mol. The summed E-state index contributed by atoms with van der Waals surface area (Å²) in [6, 6.07) is 0. The van der Waals surface area contributed by atoms with E-state index in [1.807, 2.05) is 0 Å². The minimum absolute atomic E-state index is 0.346. The van der Waals surface area contributed by atoms with Gasteiger partial charge in [0, 0.05) is 11.5 Å². The van der Waals surface area contributed by atoms with Gasteiger partial charge in [-0.25, -0.2) is 0 Å². The molecule has 0 aromatic heterocycles. The predicted octanol–water partition coefficient (Wildman–Crippen LogP) is 0.235. The first-order chi connectivity index (χ1) is 3.70. The van der Waals surface area contributed by atoms with E-state index in [2.05, 4.69) is 0 Å². The van der Waals surface area contributed by atoms with Crippen molar-refractivity contribution >= 4 is 11.6 Å². The molecule has 1 rings (SSSR count). The van der Waals surface area contributed by atoms with E-state index >= 15 is 0 Å². The van der Waals surface area contributed by atoms with E-state index in [4.69, 9.17) is 21.8 Å². The summed E-state index contributed by atoms with van der Waals surface area (Å²) in [4.78, 5) is 0. The summed E-state index contributed by atoms with van der Waals surface area (Å²) >= 11 is 5.41. The average Bonchev–Trinajstić information content (AvgIpc) is 1.85. The van der Waals surface area contributed by atoms with E-state index in [-0.39, 0.29) is 0 Å². The summed E-state index contributed by atoms with van der Waals surface area (Å²) in [7, 11) is 0. The molecule has 0 fully saturated rings. The van der Waals surface area contributed by atoms with Crippen LogP contribution in [0.25, 0.3) is 0 Å². The molecule has 0 amide bonds. The highest BCUT2D eigenvalue weighted by atomic mass is 35.5. The monoisotopic (exact) mass is 134 g/mol. The van der Waals surface area contributed by atoms with Crippen molar-refractivity contribution in [1.29, 1.82) is 0 Å². The Labute approximate surface area is 52.4 Å². The fraction of sp³-hybridized carbons (Fsp3) is 0.600. The smallest absolute Gasteiger partial charge is 0.0921 e. The van der Waals surface area contributed by atoms with E-state index in [1.54, 1.807) is 0 Å². The largest absolute Gasteiger partial charge is 0.389 e. The number of aliphatic hydroxyl groups is 2. The number of hydrogen-bond donors (Lipinski definition) is 2. The van der Waals surface area contributed by atoms with Crippen molar-refractivity contribution in [3.8, 4) is 0 Å². The molecule has 0 bridgehead atoms. The van der Waals surface area contributed by atoms with E-state index in [0.29, 0.717) is 11.5 Å². The SMILES string of the molecule is OC1C=C(Cl)C(O)C1. The van der Waals surface area contributed by atoms with Crippen molar-refractivity contribution in [2.75, 3.05) is 0 Å². The molecule has 0 radical (unpaired) electrons. The van der Waals surface area contributed by atoms with Gasteiger partial charge in [-0.15, -0.1) is 0 Å². The van der Waals surface area contributed by atoms with E-state index in [0.717, 1.165) is 0 Å². The molecule has 46 valence electrons. The summed E-state index contributed by atoms with van der Waals surface area (Å²) in [5.41, 5.74) is 0. The lowest BCUT2D eigenvalue weighted by molar-refractivity contribution is 0.150. The maximum absolute atomic E-state index is 8.81. The summed E-state index contributed by atoms with van der Waals surface area (Å²) in [5.74, 6) is 0. The van der Waals surface area contributed by atoms with Crippen LogP contribution in [0.1, 0.15) is 6.42 Å². The molecule has 2 unspecified atom stereocenters. The third-order valence-corrected chi connectivity index (χ3v) is 1.51. The van der Waals surface area contributed by atoms with Gasteiger partial charge in [-0.2, -0.15) is 0 Å². The van der Waals surface area contributed by atoms with Crippen molar-refractivity contribution in [1.82, 2.24) is 0 Å². The van der Waals surface area contributed by atoms with Crippen LogP contribution >= 0.6 is 11.6 Å². The highest BCUT2D eigenvalue weighted by molar-refractivity contribution is 6.30. The number of rotatable bonds is 0. The Bertz CT molecular complexity index is 122. The van der Waals surface area contributed by atoms with Gasteiger partial charge in [0.05, 0.1) is 12.2 Å². The predicted molar refractivity (Wildman–Crippen MR) is 30.6 cm³/mol. The summed E-state index contributed by atoms with van der Waals surface area (Å²) in [5, 5.41) is 17.9. The molecule has 2 atom stereocenters. The highest BCUT2D eigenvalue weighted by Gasteiger charge is 2.20. The Balaban J connectivity index is 2.59. The van der Waals surface area contributed by atoms with Gasteiger partial charge >= 0.3 is 0 Å². The summed E-state index contributed by atoms with van der Waals surface area (Å²) in [6.07, 6.45) is 0.620. The van der Waals surface area contributed by atoms with Gasteiger partial charge in [0.25, 0.3) is 0 Å². The van der Waals surface area contributed by atoms with Gasteiger partial charge in [0.2, 0.25) is 0 Å². The zero-order chi connectivity index (χ0) is 6.15. The Kier molecular flexibility index (Phi) is 1.56. The van der Waals surface area contributed by atoms with Crippen LogP contribution in [0, 0.1) is 0 Å². The maximum Gasteiger partial charge on any atom is 0.0921 e. The van der Waals surface area contributed by atoms with Crippen molar-refractivity contribution in [3.63, 3.8) is 0 Å². The minimum atomic E-state index is -0.633. The zero-order valence-electron chi connectivity index (χ0n) is 4.21. The molecule has 0 aromatic carbocycles. The Morgan fingerprint density at radius 1 is 1.62 bits per heavy atom. The molecular formula is C5H7ClO2. The molecule has 0 saturated carbocycles. The van der Waals surface area contributed by atoms with E-state index in [1.165, 1.54) is 6.08 Å². The van der Waals surface area contributed by atoms with Gasteiger partial charge in [-0.3, -0.25) is 0 Å². The number of hydrogen-bond acceptors (Lipinski definition) is 2. The lowest BCUT2D eigenvalue weighted by Gasteiger charge is -1.98. The number of halogens is 1. The van der Waals surface area contributed by atoms with Gasteiger partial charge in [-0.05, 0) is 6.08 Å². The Hall–Kier alpha value is -0.0500. The molecule has 1 aliphatic carbocycles. The van der Waals surface area contributed by atoms with Crippen LogP contribution in [-0.4, -0.2) is 22.4 Å². The summed E-state index contributed by atoms with van der Waals surface area (Å²) in [6.45, 7) is 0. The Morgan fingerprint density at radius 3 is 2.38 bits per heavy atom. The first-order valence-electron chi connectivity index (χ1n) is 2.43. The van der Waals surface area contributed by atoms with Crippen LogP contribution in [0.3, 0.4) is 0 Å². The zero-order valence-corrected chi connectivity index (χ0v) is 4.97. The van der Waals surface area contributed by atoms with Gasteiger partial charge in [0.15, 0.2) is 0 Å². The van der Waals surface area contributed by atoms with Gasteiger partial charge in [0.1, 0.15) is 0 Å². The molecule has 3 heteroatoms. The van der Waals surface area contributed by atoms with Crippen molar-refractivity contribution in [2.45, 2.75) is 18.6 Å². The summed E-state index contributed by atoms with van der Waals surface area (Å²) < 4.78 is 0. The molecule has 0 saturated heterocycles. The third kappa shape index (κ3) is 1.02. The van der Waals surface area contributed by atoms with Crippen molar-refractivity contribution < 1.29 is 10.2 Å². The van der Waals surface area contributed by atoms with Crippen LogP contribution < -0.4 is 0 Å². The maximum atomic E-state index is 8.81. The second-order valence-electron chi connectivity index (χ2n) is 1.87. The molecule has 0 heterocycles. The molecule has 0 spiro atoms. The second kappa shape index (κ2) is 2.05. The third-order valence-electron chi connectivity index (χ3n) is 1.13. The first-order valence-corrected chi connectivity index (χ1v) is 2.81. The Morgan fingerprint density at radius 2 is 2.25 bits per heavy atom. The van der Waals surface area contributed by atoms with Gasteiger partial charge < -0.3 is 10.2 Å². The van der Waals surface area contributed by atoms with Crippen LogP contribution in [0.5, 0.6) is 0 Å². The fourth-order valence-corrected chi connectivity index (χ4v) is 0.939. The molecule has 8 heavy (non-hydrogen) atoms. The highest BCUT2D eigenvalue weighted by Crippen LogP contribution is 2.21. The van der Waals surface area contributed by atoms with Crippen LogP contribution in [0.15, 0.2) is 11.1 Å². The molecule has 0 aromatic rings. The molecule has 1 aliphatic rings. The molecule has 2 nitrogen and oxygen atoms in total. The van der Waals surface area contributed by atoms with Crippen molar-refractivity contribution in [3.05, 3.63) is 11.1 Å². The van der Waals surface area contributed by atoms with Gasteiger partial charge in [-0.1, -0.05) is 11.6 Å². The first kappa shape index (κ1) is 6.08.